The smallest absolute Gasteiger partial charge is 0.167 e. The minimum absolute atomic E-state index is 0.0718. The average Bonchev–Trinajstić information content (AvgIpc) is 2.38. The number of rotatable bonds is 7. The Kier molecular flexibility index (Phi) is 5.70. The minimum Gasteiger partial charge on any atom is -0.494 e. The number of hydrogen-bond acceptors (Lipinski definition) is 3. The summed E-state index contributed by atoms with van der Waals surface area (Å²) in [4.78, 5) is 12.0. The zero-order chi connectivity index (χ0) is 12.7. The molecule has 0 radical (unpaired) electrons. The van der Waals surface area contributed by atoms with E-state index >= 15 is 0 Å². The lowest BCUT2D eigenvalue weighted by Crippen LogP contribution is -2.22. The second-order valence-electron chi connectivity index (χ2n) is 4.08. The van der Waals surface area contributed by atoms with Crippen molar-refractivity contribution >= 4 is 5.78 Å². The quantitative estimate of drug-likeness (QED) is 0.739. The summed E-state index contributed by atoms with van der Waals surface area (Å²) in [6.45, 7) is 5.15. The Hall–Kier alpha value is -1.35. The maximum atomic E-state index is 12.0. The molecule has 2 N–H and O–H groups in total. The number of hydrogen-bond donors (Lipinski definition) is 1. The normalized spacial score (nSPS) is 12.2. The Balaban J connectivity index is 2.69. The molecule has 0 saturated heterocycles. The molecule has 0 spiro atoms. The summed E-state index contributed by atoms with van der Waals surface area (Å²) in [5, 5.41) is 0. The van der Waals surface area contributed by atoms with Crippen LogP contribution in [0, 0.1) is 5.92 Å². The molecular weight excluding hydrogens is 214 g/mol. The molecule has 94 valence electrons. The van der Waals surface area contributed by atoms with Crippen molar-refractivity contribution in [1.29, 1.82) is 0 Å². The fourth-order valence-electron chi connectivity index (χ4n) is 1.63. The third-order valence-corrected chi connectivity index (χ3v) is 2.76. The van der Waals surface area contributed by atoms with Gasteiger partial charge in [-0.05, 0) is 37.1 Å². The molecule has 0 saturated carbocycles. The molecule has 1 aromatic rings. The SMILES string of the molecule is CCCOc1ccc(C(=O)C(CC)CN)cc1. The Labute approximate surface area is 103 Å². The molecule has 1 unspecified atom stereocenters. The summed E-state index contributed by atoms with van der Waals surface area (Å²) in [5.41, 5.74) is 6.29. The van der Waals surface area contributed by atoms with Crippen LogP contribution >= 0.6 is 0 Å². The van der Waals surface area contributed by atoms with Crippen molar-refractivity contribution in [1.82, 2.24) is 0 Å². The van der Waals surface area contributed by atoms with E-state index in [1.807, 2.05) is 31.2 Å². The lowest BCUT2D eigenvalue weighted by Gasteiger charge is -2.11. The van der Waals surface area contributed by atoms with Gasteiger partial charge in [-0.2, -0.15) is 0 Å². The molecule has 3 heteroatoms. The molecule has 0 bridgehead atoms. The van der Waals surface area contributed by atoms with Crippen molar-refractivity contribution in [2.45, 2.75) is 26.7 Å². The van der Waals surface area contributed by atoms with E-state index in [0.29, 0.717) is 18.7 Å². The Bertz CT molecular complexity index is 342. The Morgan fingerprint density at radius 3 is 2.41 bits per heavy atom. The fourth-order valence-corrected chi connectivity index (χ4v) is 1.63. The highest BCUT2D eigenvalue weighted by molar-refractivity contribution is 5.98. The summed E-state index contributed by atoms with van der Waals surface area (Å²) >= 11 is 0. The standard InChI is InChI=1S/C14H21NO2/c1-3-9-17-13-7-5-12(6-8-13)14(16)11(4-2)10-15/h5-8,11H,3-4,9-10,15H2,1-2H3. The highest BCUT2D eigenvalue weighted by Gasteiger charge is 2.16. The van der Waals surface area contributed by atoms with Gasteiger partial charge in [0, 0.05) is 18.0 Å². The molecule has 1 aromatic carbocycles. The van der Waals surface area contributed by atoms with Crippen LogP contribution < -0.4 is 10.5 Å². The number of carbonyl (C=O) groups is 1. The predicted molar refractivity (Wildman–Crippen MR) is 69.4 cm³/mol. The van der Waals surface area contributed by atoms with Gasteiger partial charge >= 0.3 is 0 Å². The summed E-state index contributed by atoms with van der Waals surface area (Å²) in [6.07, 6.45) is 1.76. The molecule has 3 nitrogen and oxygen atoms in total. The lowest BCUT2D eigenvalue weighted by atomic mass is 9.95. The average molecular weight is 235 g/mol. The first-order valence-corrected chi connectivity index (χ1v) is 6.20. The topological polar surface area (TPSA) is 52.3 Å². The van der Waals surface area contributed by atoms with E-state index in [0.717, 1.165) is 18.6 Å². The summed E-state index contributed by atoms with van der Waals surface area (Å²) in [6, 6.07) is 7.30. The minimum atomic E-state index is -0.0718. The molecule has 1 atom stereocenters. The van der Waals surface area contributed by atoms with E-state index in [4.69, 9.17) is 10.5 Å². The Morgan fingerprint density at radius 2 is 1.94 bits per heavy atom. The van der Waals surface area contributed by atoms with Gasteiger partial charge in [-0.25, -0.2) is 0 Å². The van der Waals surface area contributed by atoms with E-state index in [-0.39, 0.29) is 11.7 Å². The highest BCUT2D eigenvalue weighted by Crippen LogP contribution is 2.16. The number of ether oxygens (including phenoxy) is 1. The van der Waals surface area contributed by atoms with Crippen molar-refractivity contribution < 1.29 is 9.53 Å². The fraction of sp³-hybridized carbons (Fsp3) is 0.500. The van der Waals surface area contributed by atoms with Crippen LogP contribution in [-0.4, -0.2) is 18.9 Å². The molecule has 0 aromatic heterocycles. The zero-order valence-electron chi connectivity index (χ0n) is 10.6. The van der Waals surface area contributed by atoms with Crippen LogP contribution in [0.1, 0.15) is 37.0 Å². The molecular formula is C14H21NO2. The lowest BCUT2D eigenvalue weighted by molar-refractivity contribution is 0.0921. The van der Waals surface area contributed by atoms with E-state index < -0.39 is 0 Å². The maximum Gasteiger partial charge on any atom is 0.167 e. The van der Waals surface area contributed by atoms with E-state index in [9.17, 15) is 4.79 Å². The highest BCUT2D eigenvalue weighted by atomic mass is 16.5. The van der Waals surface area contributed by atoms with Crippen LogP contribution in [0.2, 0.25) is 0 Å². The largest absolute Gasteiger partial charge is 0.494 e. The van der Waals surface area contributed by atoms with Crippen LogP contribution in [0.15, 0.2) is 24.3 Å². The number of Topliss-reactive ketones (excluding diaryl/α,β-unsaturated/α-hetero) is 1. The number of nitrogens with two attached hydrogens (primary N) is 1. The molecule has 0 heterocycles. The first-order chi connectivity index (χ1) is 8.22. The van der Waals surface area contributed by atoms with Gasteiger partial charge in [0.05, 0.1) is 6.61 Å². The van der Waals surface area contributed by atoms with Gasteiger partial charge in [0.1, 0.15) is 5.75 Å². The number of benzene rings is 1. The Morgan fingerprint density at radius 1 is 1.29 bits per heavy atom. The molecule has 0 aliphatic heterocycles. The van der Waals surface area contributed by atoms with Crippen molar-refractivity contribution in [2.24, 2.45) is 11.7 Å². The predicted octanol–water partition coefficient (Wildman–Crippen LogP) is 2.64. The molecule has 0 fully saturated rings. The monoisotopic (exact) mass is 235 g/mol. The third-order valence-electron chi connectivity index (χ3n) is 2.76. The van der Waals surface area contributed by atoms with Gasteiger partial charge in [0.15, 0.2) is 5.78 Å². The van der Waals surface area contributed by atoms with E-state index in [2.05, 4.69) is 6.92 Å². The zero-order valence-corrected chi connectivity index (χ0v) is 10.6. The van der Waals surface area contributed by atoms with Crippen molar-refractivity contribution in [3.8, 4) is 5.75 Å². The molecule has 1 rings (SSSR count). The second-order valence-corrected chi connectivity index (χ2v) is 4.08. The maximum absolute atomic E-state index is 12.0. The molecule has 17 heavy (non-hydrogen) atoms. The van der Waals surface area contributed by atoms with Gasteiger partial charge in [-0.3, -0.25) is 4.79 Å². The van der Waals surface area contributed by atoms with Gasteiger partial charge in [0.25, 0.3) is 0 Å². The first-order valence-electron chi connectivity index (χ1n) is 6.20. The second kappa shape index (κ2) is 7.07. The van der Waals surface area contributed by atoms with Crippen molar-refractivity contribution in [3.63, 3.8) is 0 Å². The van der Waals surface area contributed by atoms with Crippen LogP contribution in [0.4, 0.5) is 0 Å². The van der Waals surface area contributed by atoms with Gasteiger partial charge in [-0.15, -0.1) is 0 Å². The summed E-state index contributed by atoms with van der Waals surface area (Å²) in [5.74, 6) is 0.860. The molecule has 0 amide bonds. The van der Waals surface area contributed by atoms with Crippen LogP contribution in [-0.2, 0) is 0 Å². The van der Waals surface area contributed by atoms with E-state index in [1.165, 1.54) is 0 Å². The van der Waals surface area contributed by atoms with Gasteiger partial charge in [-0.1, -0.05) is 13.8 Å². The van der Waals surface area contributed by atoms with Crippen molar-refractivity contribution in [3.05, 3.63) is 29.8 Å². The molecule has 0 aliphatic rings. The first kappa shape index (κ1) is 13.7. The third kappa shape index (κ3) is 3.86. The van der Waals surface area contributed by atoms with Gasteiger partial charge < -0.3 is 10.5 Å². The summed E-state index contributed by atoms with van der Waals surface area (Å²) in [7, 11) is 0. The summed E-state index contributed by atoms with van der Waals surface area (Å²) < 4.78 is 5.47. The number of carbonyl (C=O) groups excluding carboxylic acids is 1. The van der Waals surface area contributed by atoms with E-state index in [1.54, 1.807) is 0 Å². The number of ketones is 1. The molecule has 0 aliphatic carbocycles. The van der Waals surface area contributed by atoms with Crippen LogP contribution in [0.25, 0.3) is 0 Å². The van der Waals surface area contributed by atoms with Crippen LogP contribution in [0.5, 0.6) is 5.75 Å². The van der Waals surface area contributed by atoms with Gasteiger partial charge in [0.2, 0.25) is 0 Å². The van der Waals surface area contributed by atoms with Crippen LogP contribution in [0.3, 0.4) is 0 Å². The van der Waals surface area contributed by atoms with Crippen molar-refractivity contribution in [2.75, 3.05) is 13.2 Å².